The number of aliphatic hydroxyl groups excluding tert-OH is 1. The van der Waals surface area contributed by atoms with Crippen molar-refractivity contribution in [3.63, 3.8) is 0 Å². The second kappa shape index (κ2) is 6.99. The second-order valence-corrected chi connectivity index (χ2v) is 5.01. The summed E-state index contributed by atoms with van der Waals surface area (Å²) in [6.07, 6.45) is 5.35. The van der Waals surface area contributed by atoms with Gasteiger partial charge in [0, 0.05) is 25.1 Å². The molecule has 0 aliphatic heterocycles. The molecule has 0 fully saturated rings. The highest BCUT2D eigenvalue weighted by Crippen LogP contribution is 2.08. The summed E-state index contributed by atoms with van der Waals surface area (Å²) < 4.78 is 1.66. The van der Waals surface area contributed by atoms with E-state index in [1.807, 2.05) is 19.9 Å². The van der Waals surface area contributed by atoms with Gasteiger partial charge >= 0.3 is 0 Å². The van der Waals surface area contributed by atoms with E-state index in [0.29, 0.717) is 5.69 Å². The van der Waals surface area contributed by atoms with Gasteiger partial charge in [-0.2, -0.15) is 5.10 Å². The highest BCUT2D eigenvalue weighted by Gasteiger charge is 2.15. The van der Waals surface area contributed by atoms with Crippen LogP contribution in [0.5, 0.6) is 0 Å². The van der Waals surface area contributed by atoms with Crippen LogP contribution in [-0.4, -0.2) is 38.4 Å². The molecule has 21 heavy (non-hydrogen) atoms. The zero-order valence-corrected chi connectivity index (χ0v) is 12.2. The average Bonchev–Trinajstić information content (AvgIpc) is 3.06. The third-order valence-corrected chi connectivity index (χ3v) is 3.52. The van der Waals surface area contributed by atoms with Crippen molar-refractivity contribution < 1.29 is 9.90 Å². The van der Waals surface area contributed by atoms with E-state index in [1.54, 1.807) is 35.4 Å². The predicted octanol–water partition coefficient (Wildman–Crippen LogP) is 1.40. The summed E-state index contributed by atoms with van der Waals surface area (Å²) in [7, 11) is 0. The van der Waals surface area contributed by atoms with E-state index in [9.17, 15) is 9.90 Å². The molecule has 2 aromatic heterocycles. The Morgan fingerprint density at radius 1 is 1.48 bits per heavy atom. The Morgan fingerprint density at radius 3 is 2.95 bits per heavy atom. The van der Waals surface area contributed by atoms with Gasteiger partial charge in [-0.05, 0) is 24.1 Å². The maximum Gasteiger partial charge on any atom is 0.270 e. The van der Waals surface area contributed by atoms with Gasteiger partial charge in [-0.3, -0.25) is 9.78 Å². The molecule has 0 aromatic carbocycles. The maximum absolute atomic E-state index is 12.1. The fourth-order valence-electron chi connectivity index (χ4n) is 1.87. The minimum atomic E-state index is -0.548. The van der Waals surface area contributed by atoms with Crippen LogP contribution in [0.3, 0.4) is 0 Å². The van der Waals surface area contributed by atoms with Gasteiger partial charge in [0.25, 0.3) is 5.91 Å². The van der Waals surface area contributed by atoms with Crippen LogP contribution in [-0.2, 0) is 0 Å². The van der Waals surface area contributed by atoms with Gasteiger partial charge in [-0.25, -0.2) is 4.68 Å². The van der Waals surface area contributed by atoms with Crippen LogP contribution in [0.4, 0.5) is 0 Å². The van der Waals surface area contributed by atoms with Crippen molar-refractivity contribution in [2.75, 3.05) is 6.54 Å². The molecule has 1 amide bonds. The first-order valence-corrected chi connectivity index (χ1v) is 7.04. The van der Waals surface area contributed by atoms with Gasteiger partial charge in [0.1, 0.15) is 5.69 Å². The molecule has 6 heteroatoms. The molecule has 0 aliphatic rings. The molecule has 0 spiro atoms. The molecular formula is C15H20N4O2. The summed E-state index contributed by atoms with van der Waals surface area (Å²) in [6.45, 7) is 4.18. The molecule has 0 unspecified atom stereocenters. The molecule has 2 atom stereocenters. The van der Waals surface area contributed by atoms with Crippen molar-refractivity contribution in [1.82, 2.24) is 20.1 Å². The maximum atomic E-state index is 12.1. The molecule has 6 nitrogen and oxygen atoms in total. The van der Waals surface area contributed by atoms with Crippen molar-refractivity contribution in [3.05, 3.63) is 42.5 Å². The number of nitrogens with zero attached hydrogens (tertiary/aromatic N) is 3. The lowest BCUT2D eigenvalue weighted by Crippen LogP contribution is -2.35. The Morgan fingerprint density at radius 2 is 2.29 bits per heavy atom. The fraction of sp³-hybridized carbons (Fsp3) is 0.400. The number of rotatable bonds is 6. The number of pyridine rings is 1. The molecule has 0 bridgehead atoms. The summed E-state index contributed by atoms with van der Waals surface area (Å²) in [5, 5.41) is 16.7. The molecule has 2 rings (SSSR count). The van der Waals surface area contributed by atoms with Gasteiger partial charge in [-0.15, -0.1) is 0 Å². The summed E-state index contributed by atoms with van der Waals surface area (Å²) in [4.78, 5) is 16.1. The number of amides is 1. The molecule has 0 aliphatic carbocycles. The summed E-state index contributed by atoms with van der Waals surface area (Å²) >= 11 is 0. The van der Waals surface area contributed by atoms with Crippen molar-refractivity contribution in [1.29, 1.82) is 0 Å². The zero-order valence-electron chi connectivity index (χ0n) is 12.2. The summed E-state index contributed by atoms with van der Waals surface area (Å²) in [6, 6.07) is 5.25. The molecule has 0 saturated carbocycles. The first-order valence-electron chi connectivity index (χ1n) is 7.04. The Bertz CT molecular complexity index is 583. The van der Waals surface area contributed by atoms with Crippen molar-refractivity contribution in [3.8, 4) is 5.69 Å². The average molecular weight is 288 g/mol. The van der Waals surface area contributed by atoms with Crippen molar-refractivity contribution >= 4 is 5.91 Å². The normalized spacial score (nSPS) is 13.7. The van der Waals surface area contributed by atoms with E-state index in [2.05, 4.69) is 15.4 Å². The van der Waals surface area contributed by atoms with E-state index in [1.165, 1.54) is 0 Å². The van der Waals surface area contributed by atoms with E-state index >= 15 is 0 Å². The van der Waals surface area contributed by atoms with Gasteiger partial charge in [0.05, 0.1) is 11.8 Å². The van der Waals surface area contributed by atoms with Crippen LogP contribution in [0.15, 0.2) is 36.8 Å². The van der Waals surface area contributed by atoms with Crippen molar-refractivity contribution in [2.45, 2.75) is 26.4 Å². The Hall–Kier alpha value is -2.21. The number of aromatic nitrogens is 3. The van der Waals surface area contributed by atoms with E-state index in [4.69, 9.17) is 0 Å². The quantitative estimate of drug-likeness (QED) is 0.842. The van der Waals surface area contributed by atoms with E-state index in [-0.39, 0.29) is 18.4 Å². The first-order chi connectivity index (χ1) is 10.1. The smallest absolute Gasteiger partial charge is 0.270 e. The van der Waals surface area contributed by atoms with Gasteiger partial charge < -0.3 is 10.4 Å². The molecule has 2 heterocycles. The number of aliphatic hydroxyl groups is 1. The minimum Gasteiger partial charge on any atom is -0.391 e. The lowest BCUT2D eigenvalue weighted by atomic mass is 10.0. The van der Waals surface area contributed by atoms with Crippen LogP contribution in [0.25, 0.3) is 5.69 Å². The number of carbonyl (C=O) groups excluding carboxylic acids is 1. The molecular weight excluding hydrogens is 268 g/mol. The highest BCUT2D eigenvalue weighted by atomic mass is 16.3. The molecule has 2 N–H and O–H groups in total. The standard InChI is InChI=1S/C15H20N4O2/c1-3-11(2)14(20)10-17-15(21)13-9-12(5-7-16-13)19-8-4-6-18-19/h4-9,11,14,20H,3,10H2,1-2H3,(H,17,21)/t11-,14-/m1/s1. The van der Waals surface area contributed by atoms with Crippen LogP contribution < -0.4 is 5.32 Å². The third-order valence-electron chi connectivity index (χ3n) is 3.52. The van der Waals surface area contributed by atoms with Crippen LogP contribution >= 0.6 is 0 Å². The Labute approximate surface area is 123 Å². The lowest BCUT2D eigenvalue weighted by Gasteiger charge is -2.17. The fourth-order valence-corrected chi connectivity index (χ4v) is 1.87. The number of hydrogen-bond donors (Lipinski definition) is 2. The largest absolute Gasteiger partial charge is 0.391 e. The number of nitrogens with one attached hydrogen (secondary N) is 1. The molecule has 112 valence electrons. The summed E-state index contributed by atoms with van der Waals surface area (Å²) in [5.41, 5.74) is 1.07. The monoisotopic (exact) mass is 288 g/mol. The number of hydrogen-bond acceptors (Lipinski definition) is 4. The first kappa shape index (κ1) is 15.2. The lowest BCUT2D eigenvalue weighted by molar-refractivity contribution is 0.0846. The highest BCUT2D eigenvalue weighted by molar-refractivity contribution is 5.92. The zero-order chi connectivity index (χ0) is 15.2. The molecule has 0 radical (unpaired) electrons. The van der Waals surface area contributed by atoms with Gasteiger partial charge in [0.2, 0.25) is 0 Å². The minimum absolute atomic E-state index is 0.147. The topological polar surface area (TPSA) is 80.0 Å². The van der Waals surface area contributed by atoms with E-state index in [0.717, 1.165) is 12.1 Å². The Balaban J connectivity index is 2.01. The van der Waals surface area contributed by atoms with Crippen LogP contribution in [0.1, 0.15) is 30.8 Å². The SMILES string of the molecule is CC[C@@H](C)[C@H](O)CNC(=O)c1cc(-n2cccn2)ccn1. The Kier molecular flexibility index (Phi) is 5.05. The summed E-state index contributed by atoms with van der Waals surface area (Å²) in [5.74, 6) is -0.153. The number of carbonyl (C=O) groups is 1. The van der Waals surface area contributed by atoms with Crippen molar-refractivity contribution in [2.24, 2.45) is 5.92 Å². The third kappa shape index (κ3) is 3.88. The molecule has 0 saturated heterocycles. The van der Waals surface area contributed by atoms with Gasteiger partial charge in [-0.1, -0.05) is 20.3 Å². The predicted molar refractivity (Wildman–Crippen MR) is 79.2 cm³/mol. The van der Waals surface area contributed by atoms with Crippen LogP contribution in [0, 0.1) is 5.92 Å². The molecule has 2 aromatic rings. The van der Waals surface area contributed by atoms with E-state index < -0.39 is 6.10 Å². The van der Waals surface area contributed by atoms with Crippen LogP contribution in [0.2, 0.25) is 0 Å². The second-order valence-electron chi connectivity index (χ2n) is 5.01. The van der Waals surface area contributed by atoms with Gasteiger partial charge in [0.15, 0.2) is 0 Å².